The van der Waals surface area contributed by atoms with Gasteiger partial charge in [0, 0.05) is 36.5 Å². The number of aryl methyl sites for hydroxylation is 1. The van der Waals surface area contributed by atoms with Crippen molar-refractivity contribution in [3.63, 3.8) is 0 Å². The maximum absolute atomic E-state index is 10.9. The lowest BCUT2D eigenvalue weighted by Crippen LogP contribution is -2.12. The third-order valence-corrected chi connectivity index (χ3v) is 3.07. The highest BCUT2D eigenvalue weighted by Gasteiger charge is 2.12. The number of nitrogens with one attached hydrogen (secondary N) is 1. The molecule has 106 valence electrons. The van der Waals surface area contributed by atoms with E-state index in [1.807, 2.05) is 10.8 Å². The summed E-state index contributed by atoms with van der Waals surface area (Å²) in [4.78, 5) is 14.7. The molecule has 0 amide bonds. The molecule has 1 aromatic carbocycles. The van der Waals surface area contributed by atoms with Gasteiger partial charge in [-0.25, -0.2) is 4.98 Å². The molecule has 20 heavy (non-hydrogen) atoms. The fraction of sp³-hybridized carbons (Fsp3) is 0.308. The van der Waals surface area contributed by atoms with Gasteiger partial charge in [0.05, 0.1) is 17.2 Å². The molecule has 0 saturated heterocycles. The van der Waals surface area contributed by atoms with Crippen LogP contribution in [0.1, 0.15) is 24.7 Å². The number of nitrogens with zero attached hydrogens (tertiary/aromatic N) is 3. The summed E-state index contributed by atoms with van der Waals surface area (Å²) in [5.74, 6) is 6.42. The standard InChI is InChI=1S/C13H17N5O2/c1-2-3-13-15-6-7-17(13)9-10-8-11(18(19)20)4-5-12(10)16-14/h4-8,16H,2-3,9,14H2,1H3. The quantitative estimate of drug-likeness (QED) is 0.477. The van der Waals surface area contributed by atoms with E-state index in [4.69, 9.17) is 5.84 Å². The van der Waals surface area contributed by atoms with Crippen LogP contribution in [0.25, 0.3) is 0 Å². The Kier molecular flexibility index (Phi) is 4.31. The minimum Gasteiger partial charge on any atom is -0.330 e. The summed E-state index contributed by atoms with van der Waals surface area (Å²) in [6.45, 7) is 2.58. The van der Waals surface area contributed by atoms with E-state index >= 15 is 0 Å². The SMILES string of the molecule is CCCc1nccn1Cc1cc([N+](=O)[O-])ccc1NN. The topological polar surface area (TPSA) is 99.0 Å². The Morgan fingerprint density at radius 1 is 1.50 bits per heavy atom. The number of imidazole rings is 1. The van der Waals surface area contributed by atoms with Crippen LogP contribution in [0, 0.1) is 10.1 Å². The predicted molar refractivity (Wildman–Crippen MR) is 76.2 cm³/mol. The molecule has 0 radical (unpaired) electrons. The van der Waals surface area contributed by atoms with Gasteiger partial charge in [-0.1, -0.05) is 6.92 Å². The third-order valence-electron chi connectivity index (χ3n) is 3.07. The molecule has 0 unspecified atom stereocenters. The average Bonchev–Trinajstić information content (AvgIpc) is 2.86. The predicted octanol–water partition coefficient (Wildman–Crippen LogP) is 2.08. The number of hydrazine groups is 1. The number of hydrogen-bond donors (Lipinski definition) is 2. The lowest BCUT2D eigenvalue weighted by Gasteiger charge is -2.11. The summed E-state index contributed by atoms with van der Waals surface area (Å²) in [6.07, 6.45) is 5.46. The van der Waals surface area contributed by atoms with Crippen molar-refractivity contribution in [2.24, 2.45) is 5.84 Å². The highest BCUT2D eigenvalue weighted by atomic mass is 16.6. The van der Waals surface area contributed by atoms with E-state index < -0.39 is 4.92 Å². The van der Waals surface area contributed by atoms with Gasteiger partial charge in [-0.2, -0.15) is 0 Å². The fourth-order valence-corrected chi connectivity index (χ4v) is 2.08. The van der Waals surface area contributed by atoms with Crippen LogP contribution in [0.5, 0.6) is 0 Å². The normalized spacial score (nSPS) is 10.5. The summed E-state index contributed by atoms with van der Waals surface area (Å²) < 4.78 is 1.98. The maximum atomic E-state index is 10.9. The number of nitro benzene ring substituents is 1. The van der Waals surface area contributed by atoms with Crippen LogP contribution in [-0.4, -0.2) is 14.5 Å². The van der Waals surface area contributed by atoms with E-state index in [9.17, 15) is 10.1 Å². The molecule has 0 bridgehead atoms. The van der Waals surface area contributed by atoms with Crippen LogP contribution in [0.3, 0.4) is 0 Å². The molecule has 0 saturated carbocycles. The Hall–Kier alpha value is -2.41. The van der Waals surface area contributed by atoms with Gasteiger partial charge in [0.1, 0.15) is 5.82 Å². The summed E-state index contributed by atoms with van der Waals surface area (Å²) in [6, 6.07) is 4.58. The van der Waals surface area contributed by atoms with Crippen LogP contribution >= 0.6 is 0 Å². The van der Waals surface area contributed by atoms with Crippen LogP contribution in [0.4, 0.5) is 11.4 Å². The van der Waals surface area contributed by atoms with Gasteiger partial charge >= 0.3 is 0 Å². The van der Waals surface area contributed by atoms with Crippen LogP contribution in [0.15, 0.2) is 30.6 Å². The second kappa shape index (κ2) is 6.16. The number of hydrogen-bond acceptors (Lipinski definition) is 5. The first-order valence-electron chi connectivity index (χ1n) is 6.39. The molecule has 0 fully saturated rings. The number of benzene rings is 1. The fourth-order valence-electron chi connectivity index (χ4n) is 2.08. The second-order valence-corrected chi connectivity index (χ2v) is 4.46. The molecule has 0 aliphatic heterocycles. The lowest BCUT2D eigenvalue weighted by atomic mass is 10.1. The third kappa shape index (κ3) is 2.94. The number of nitrogens with two attached hydrogens (primary N) is 1. The molecule has 0 aliphatic rings. The van der Waals surface area contributed by atoms with E-state index in [1.165, 1.54) is 12.1 Å². The summed E-state index contributed by atoms with van der Waals surface area (Å²) in [5.41, 5.74) is 4.06. The van der Waals surface area contributed by atoms with Crippen molar-refractivity contribution in [2.75, 3.05) is 5.43 Å². The van der Waals surface area contributed by atoms with Gasteiger partial charge in [0.25, 0.3) is 5.69 Å². The number of aromatic nitrogens is 2. The van der Waals surface area contributed by atoms with E-state index in [0.717, 1.165) is 24.2 Å². The molecule has 2 aromatic rings. The molecular weight excluding hydrogens is 258 g/mol. The Bertz CT molecular complexity index is 609. The Morgan fingerprint density at radius 3 is 2.95 bits per heavy atom. The summed E-state index contributed by atoms with van der Waals surface area (Å²) in [7, 11) is 0. The molecule has 7 heteroatoms. The molecule has 0 aliphatic carbocycles. The first-order valence-corrected chi connectivity index (χ1v) is 6.39. The maximum Gasteiger partial charge on any atom is 0.269 e. The average molecular weight is 275 g/mol. The van der Waals surface area contributed by atoms with E-state index in [-0.39, 0.29) is 5.69 Å². The summed E-state index contributed by atoms with van der Waals surface area (Å²) >= 11 is 0. The largest absolute Gasteiger partial charge is 0.330 e. The molecule has 0 spiro atoms. The van der Waals surface area contributed by atoms with E-state index in [1.54, 1.807) is 12.3 Å². The Labute approximate surface area is 116 Å². The van der Waals surface area contributed by atoms with Crippen molar-refractivity contribution in [3.8, 4) is 0 Å². The Morgan fingerprint density at radius 2 is 2.30 bits per heavy atom. The zero-order valence-corrected chi connectivity index (χ0v) is 11.2. The van der Waals surface area contributed by atoms with Gasteiger partial charge in [0.2, 0.25) is 0 Å². The van der Waals surface area contributed by atoms with Gasteiger partial charge in [-0.3, -0.25) is 16.0 Å². The highest BCUT2D eigenvalue weighted by molar-refractivity contribution is 5.55. The summed E-state index contributed by atoms with van der Waals surface area (Å²) in [5, 5.41) is 10.9. The van der Waals surface area contributed by atoms with Crippen molar-refractivity contribution in [3.05, 3.63) is 52.1 Å². The molecule has 1 aromatic heterocycles. The van der Waals surface area contributed by atoms with Gasteiger partial charge in [0.15, 0.2) is 0 Å². The Balaban J connectivity index is 2.33. The molecule has 1 heterocycles. The van der Waals surface area contributed by atoms with Crippen molar-refractivity contribution in [1.82, 2.24) is 9.55 Å². The molecule has 0 atom stereocenters. The second-order valence-electron chi connectivity index (χ2n) is 4.46. The van der Waals surface area contributed by atoms with Crippen molar-refractivity contribution in [2.45, 2.75) is 26.3 Å². The van der Waals surface area contributed by atoms with Crippen LogP contribution < -0.4 is 11.3 Å². The molecular formula is C13H17N5O2. The highest BCUT2D eigenvalue weighted by Crippen LogP contribution is 2.22. The molecule has 7 nitrogen and oxygen atoms in total. The minimum atomic E-state index is -0.412. The van der Waals surface area contributed by atoms with Crippen molar-refractivity contribution in [1.29, 1.82) is 0 Å². The molecule has 3 N–H and O–H groups in total. The van der Waals surface area contributed by atoms with Gasteiger partial charge < -0.3 is 9.99 Å². The first kappa shape index (κ1) is 14.0. The van der Waals surface area contributed by atoms with E-state index in [0.29, 0.717) is 12.2 Å². The zero-order valence-electron chi connectivity index (χ0n) is 11.2. The van der Waals surface area contributed by atoms with Gasteiger partial charge in [-0.15, -0.1) is 0 Å². The van der Waals surface area contributed by atoms with Crippen LogP contribution in [-0.2, 0) is 13.0 Å². The van der Waals surface area contributed by atoms with Gasteiger partial charge in [-0.05, 0) is 12.5 Å². The van der Waals surface area contributed by atoms with Crippen LogP contribution in [0.2, 0.25) is 0 Å². The van der Waals surface area contributed by atoms with Crippen molar-refractivity contribution >= 4 is 11.4 Å². The smallest absolute Gasteiger partial charge is 0.269 e. The minimum absolute atomic E-state index is 0.0520. The van der Waals surface area contributed by atoms with E-state index in [2.05, 4.69) is 17.3 Å². The zero-order chi connectivity index (χ0) is 14.5. The monoisotopic (exact) mass is 275 g/mol. The number of anilines is 1. The molecule has 2 rings (SSSR count). The number of rotatable bonds is 6. The van der Waals surface area contributed by atoms with Crippen molar-refractivity contribution < 1.29 is 4.92 Å². The first-order chi connectivity index (χ1) is 9.65. The number of nitrogen functional groups attached to an aromatic ring is 1. The number of non-ortho nitro benzene ring substituents is 1. The lowest BCUT2D eigenvalue weighted by molar-refractivity contribution is -0.384. The number of nitro groups is 1.